The Morgan fingerprint density at radius 2 is 1.03 bits per heavy atom. The van der Waals surface area contributed by atoms with Crippen molar-refractivity contribution in [3.8, 4) is 5.75 Å². The van der Waals surface area contributed by atoms with Crippen LogP contribution in [-0.4, -0.2) is 12.7 Å². The third-order valence-corrected chi connectivity index (χ3v) is 12.3. The van der Waals surface area contributed by atoms with Crippen LogP contribution in [-0.2, 0) is 0 Å². The second-order valence-corrected chi connectivity index (χ2v) is 13.6. The molecule has 166 valence electrons. The molecular weight excluding hydrogens is 442 g/mol. The molecule has 0 heterocycles. The van der Waals surface area contributed by atoms with Gasteiger partial charge in [-0.05, 0) is 0 Å². The van der Waals surface area contributed by atoms with Gasteiger partial charge in [0.2, 0.25) is 0 Å². The van der Waals surface area contributed by atoms with Gasteiger partial charge in [0.05, 0.1) is 0 Å². The Bertz CT molecular complexity index is 1860. The van der Waals surface area contributed by atoms with Crippen molar-refractivity contribution in [3.63, 3.8) is 0 Å². The van der Waals surface area contributed by atoms with E-state index in [0.717, 1.165) is 0 Å². The standard InChI is InChI=1S/C32H24BOP/c33-35(24-10-2-1-3-11-24,25-18-16-23(34)17-19-25)29-20-15-22-9-5-13-27-26-12-4-7-21-8-6-14-28(30(21)26)32(29)31(22)27/h1-20,34-35H,33H2. The summed E-state index contributed by atoms with van der Waals surface area (Å²) in [6, 6.07) is 43.6. The van der Waals surface area contributed by atoms with E-state index in [4.69, 9.17) is 0 Å². The van der Waals surface area contributed by atoms with E-state index in [1.807, 2.05) is 12.1 Å². The van der Waals surface area contributed by atoms with Crippen molar-refractivity contribution in [3.05, 3.63) is 121 Å². The fourth-order valence-corrected chi connectivity index (χ4v) is 9.94. The molecule has 0 amide bonds. The molecule has 0 radical (unpaired) electrons. The molecule has 7 rings (SSSR count). The first kappa shape index (κ1) is 20.5. The Morgan fingerprint density at radius 3 is 1.71 bits per heavy atom. The van der Waals surface area contributed by atoms with Crippen molar-refractivity contribution < 1.29 is 5.11 Å². The van der Waals surface area contributed by atoms with Crippen LogP contribution in [0.1, 0.15) is 0 Å². The predicted octanol–water partition coefficient (Wildman–Crippen LogP) is 6.02. The van der Waals surface area contributed by atoms with Gasteiger partial charge < -0.3 is 0 Å². The fraction of sp³-hybridized carbons (Fsp3) is 0. The van der Waals surface area contributed by atoms with Gasteiger partial charge >= 0.3 is 206 Å². The Kier molecular flexibility index (Phi) is 4.43. The van der Waals surface area contributed by atoms with E-state index in [9.17, 15) is 5.11 Å². The molecule has 0 aliphatic carbocycles. The van der Waals surface area contributed by atoms with Gasteiger partial charge in [0.15, 0.2) is 0 Å². The molecule has 0 saturated heterocycles. The first-order valence-electron chi connectivity index (χ1n) is 12.1. The number of aromatic hydroxyl groups is 1. The van der Waals surface area contributed by atoms with Gasteiger partial charge in [0.25, 0.3) is 0 Å². The molecule has 1 N–H and O–H groups in total. The summed E-state index contributed by atoms with van der Waals surface area (Å²) in [4.78, 5) is 0. The molecule has 0 unspecified atom stereocenters. The van der Waals surface area contributed by atoms with E-state index in [2.05, 4.69) is 117 Å². The van der Waals surface area contributed by atoms with Crippen LogP contribution in [0.2, 0.25) is 0 Å². The van der Waals surface area contributed by atoms with Crippen LogP contribution in [0.25, 0.3) is 43.1 Å². The molecule has 0 fully saturated rings. The summed E-state index contributed by atoms with van der Waals surface area (Å²) in [7, 11) is 0.0329. The van der Waals surface area contributed by atoms with Crippen molar-refractivity contribution in [1.82, 2.24) is 0 Å². The maximum atomic E-state index is 10.1. The second-order valence-electron chi connectivity index (χ2n) is 9.64. The average Bonchev–Trinajstić information content (AvgIpc) is 2.91. The Labute approximate surface area is 205 Å². The molecule has 0 aliphatic rings. The summed E-state index contributed by atoms with van der Waals surface area (Å²) in [5.74, 6) is 0.305. The number of hydrogen-bond donors (Lipinski definition) is 1. The molecule has 0 saturated carbocycles. The van der Waals surface area contributed by atoms with Crippen molar-refractivity contribution in [2.45, 2.75) is 0 Å². The van der Waals surface area contributed by atoms with Crippen LogP contribution in [0.4, 0.5) is 0 Å². The number of hydrogen-bond acceptors (Lipinski definition) is 1. The van der Waals surface area contributed by atoms with Crippen molar-refractivity contribution >= 4 is 73.7 Å². The van der Waals surface area contributed by atoms with Crippen molar-refractivity contribution in [2.24, 2.45) is 0 Å². The monoisotopic (exact) mass is 466 g/mol. The van der Waals surface area contributed by atoms with E-state index >= 15 is 0 Å². The zero-order chi connectivity index (χ0) is 23.6. The van der Waals surface area contributed by atoms with Crippen molar-refractivity contribution in [1.29, 1.82) is 0 Å². The Morgan fingerprint density at radius 1 is 0.457 bits per heavy atom. The third kappa shape index (κ3) is 2.87. The molecule has 1 nitrogen and oxygen atoms in total. The number of phenolic OH excluding ortho intramolecular Hbond substituents is 1. The summed E-state index contributed by atoms with van der Waals surface area (Å²) < 4.78 is 0. The molecule has 0 aliphatic heterocycles. The van der Waals surface area contributed by atoms with Gasteiger partial charge in [-0.3, -0.25) is 0 Å². The average molecular weight is 466 g/mol. The van der Waals surface area contributed by atoms with Gasteiger partial charge in [0.1, 0.15) is 0 Å². The Hall–Kier alpha value is -3.87. The molecule has 0 atom stereocenters. The maximum absolute atomic E-state index is 10.1. The first-order chi connectivity index (χ1) is 17.2. The third-order valence-electron chi connectivity index (χ3n) is 7.84. The quantitative estimate of drug-likeness (QED) is 0.146. The zero-order valence-corrected chi connectivity index (χ0v) is 20.5. The van der Waals surface area contributed by atoms with Gasteiger partial charge in [0, 0.05) is 0 Å². The van der Waals surface area contributed by atoms with E-state index < -0.39 is 7.14 Å². The summed E-state index contributed by atoms with van der Waals surface area (Å²) in [6.07, 6.45) is 0. The Balaban J connectivity index is 1.73. The summed E-state index contributed by atoms with van der Waals surface area (Å²) in [5, 5.41) is 24.7. The topological polar surface area (TPSA) is 20.2 Å². The number of phenols is 1. The molecular formula is C32H24BOP. The first-order valence-corrected chi connectivity index (χ1v) is 14.6. The molecule has 7 aromatic carbocycles. The normalized spacial score (nSPS) is 12.7. The minimum atomic E-state index is -2.42. The van der Waals surface area contributed by atoms with Crippen LogP contribution in [0.5, 0.6) is 5.75 Å². The van der Waals surface area contributed by atoms with E-state index in [-0.39, 0.29) is 0 Å². The van der Waals surface area contributed by atoms with Gasteiger partial charge in [-0.1, -0.05) is 0 Å². The van der Waals surface area contributed by atoms with Gasteiger partial charge in [-0.2, -0.15) is 0 Å². The van der Waals surface area contributed by atoms with Crippen LogP contribution in [0, 0.1) is 0 Å². The SMILES string of the molecule is B[PH](c1ccccc1)(c1ccc(O)cc1)c1ccc2cccc3c4cccc5cccc(c1c23)c54. The summed E-state index contributed by atoms with van der Waals surface area (Å²) >= 11 is 0. The van der Waals surface area contributed by atoms with Crippen LogP contribution in [0.3, 0.4) is 0 Å². The predicted molar refractivity (Wildman–Crippen MR) is 158 cm³/mol. The summed E-state index contributed by atoms with van der Waals surface area (Å²) in [5.41, 5.74) is 0. The van der Waals surface area contributed by atoms with Crippen molar-refractivity contribution in [2.75, 3.05) is 0 Å². The number of rotatable bonds is 3. The van der Waals surface area contributed by atoms with E-state index in [1.54, 1.807) is 0 Å². The summed E-state index contributed by atoms with van der Waals surface area (Å²) in [6.45, 7) is 0. The van der Waals surface area contributed by atoms with E-state index in [1.165, 1.54) is 59.0 Å². The molecule has 3 heteroatoms. The zero-order valence-electron chi connectivity index (χ0n) is 19.5. The molecule has 7 aromatic rings. The van der Waals surface area contributed by atoms with E-state index in [0.29, 0.717) is 5.75 Å². The minimum absolute atomic E-state index is 0.305. The van der Waals surface area contributed by atoms with Gasteiger partial charge in [-0.15, -0.1) is 0 Å². The molecule has 0 aromatic heterocycles. The van der Waals surface area contributed by atoms with Crippen LogP contribution < -0.4 is 15.9 Å². The number of benzene rings is 7. The number of fused-ring (bicyclic) bond motifs is 2. The van der Waals surface area contributed by atoms with Crippen LogP contribution >= 0.6 is 7.14 Å². The fourth-order valence-electron chi connectivity index (χ4n) is 6.12. The molecule has 35 heavy (non-hydrogen) atoms. The second kappa shape index (κ2) is 7.57. The molecule has 0 spiro atoms. The van der Waals surface area contributed by atoms with Crippen LogP contribution in [0.15, 0.2) is 121 Å². The molecule has 0 bridgehead atoms. The van der Waals surface area contributed by atoms with Gasteiger partial charge in [-0.25, -0.2) is 0 Å².